The van der Waals surface area contributed by atoms with Crippen LogP contribution in [0.2, 0.25) is 0 Å². The van der Waals surface area contributed by atoms with Crippen molar-refractivity contribution in [3.8, 4) is 39.4 Å². The lowest BCUT2D eigenvalue weighted by Crippen LogP contribution is -2.36. The second-order valence-electron chi connectivity index (χ2n) is 12.9. The van der Waals surface area contributed by atoms with E-state index >= 15 is 0 Å². The number of para-hydroxylation sites is 2. The van der Waals surface area contributed by atoms with Crippen molar-refractivity contribution in [1.82, 2.24) is 9.13 Å². The number of aromatic nitrogens is 2. The van der Waals surface area contributed by atoms with Gasteiger partial charge in [-0.2, -0.15) is 0 Å². The molecule has 2 aromatic heterocycles. The molecule has 3 heterocycles. The van der Waals surface area contributed by atoms with Crippen molar-refractivity contribution < 1.29 is 9.84 Å². The Morgan fingerprint density at radius 2 is 1.48 bits per heavy atom. The van der Waals surface area contributed by atoms with Crippen molar-refractivity contribution in [1.29, 1.82) is 0 Å². The molecule has 8 aromatic rings. The van der Waals surface area contributed by atoms with Crippen LogP contribution in [0.15, 0.2) is 127 Å². The number of allylic oxidation sites excluding steroid dienone is 1. The standard InChI is InChI=1S/C43H29BN2O2/c44-43(47)35-16-7-4-15-32(35)42-40(19-10-20-41(42)48-43)46-37-18-9-6-14-31(37)34-26-28(22-24-39(34)46)27-21-23-38-33(25-27)30-13-5-8-17-36(30)45(38)29-11-2-1-3-12-29/h1-3,5-8,10-14,16-17,19-26,47H,9,18,44H2. The lowest BCUT2D eigenvalue weighted by molar-refractivity contribution is -0.0692. The molecular weight excluding hydrogens is 587 g/mol. The number of hydrogen-bond acceptors (Lipinski definition) is 2. The highest BCUT2D eigenvalue weighted by Gasteiger charge is 2.36. The maximum atomic E-state index is 11.2. The topological polar surface area (TPSA) is 39.3 Å². The van der Waals surface area contributed by atoms with Crippen molar-refractivity contribution in [3.63, 3.8) is 0 Å². The van der Waals surface area contributed by atoms with Crippen LogP contribution in [0.5, 0.6) is 5.75 Å². The number of hydrogen-bond donors (Lipinski definition) is 1. The minimum absolute atomic E-state index is 0.641. The summed E-state index contributed by atoms with van der Waals surface area (Å²) in [5.41, 5.74) is 11.6. The molecular formula is C43H29BN2O2. The largest absolute Gasteiger partial charge is 0.467 e. The number of benzene rings is 5. The molecule has 48 heavy (non-hydrogen) atoms. The molecule has 0 spiro atoms. The van der Waals surface area contributed by atoms with Crippen LogP contribution in [0.1, 0.15) is 23.2 Å². The zero-order valence-corrected chi connectivity index (χ0v) is 26.4. The van der Waals surface area contributed by atoms with Gasteiger partial charge in [0.1, 0.15) is 5.75 Å². The van der Waals surface area contributed by atoms with E-state index in [9.17, 15) is 5.11 Å². The van der Waals surface area contributed by atoms with E-state index in [0.29, 0.717) is 11.3 Å². The third kappa shape index (κ3) is 3.84. The van der Waals surface area contributed by atoms with Gasteiger partial charge in [-0.15, -0.1) is 0 Å². The summed E-state index contributed by atoms with van der Waals surface area (Å²) in [6.07, 6.45) is 6.47. The van der Waals surface area contributed by atoms with E-state index in [2.05, 4.69) is 130 Å². The molecule has 2 aliphatic rings. The van der Waals surface area contributed by atoms with E-state index in [0.717, 1.165) is 40.9 Å². The summed E-state index contributed by atoms with van der Waals surface area (Å²) in [6.45, 7) is 0. The monoisotopic (exact) mass is 616 g/mol. The van der Waals surface area contributed by atoms with Gasteiger partial charge in [0.2, 0.25) is 7.85 Å². The third-order valence-electron chi connectivity index (χ3n) is 10.1. The molecule has 0 fully saturated rings. The second kappa shape index (κ2) is 10.0. The van der Waals surface area contributed by atoms with E-state index in [4.69, 9.17) is 4.74 Å². The van der Waals surface area contributed by atoms with Gasteiger partial charge in [0.05, 0.1) is 27.8 Å². The first-order chi connectivity index (χ1) is 23.6. The summed E-state index contributed by atoms with van der Waals surface area (Å²) < 4.78 is 11.0. The molecule has 5 heteroatoms. The third-order valence-corrected chi connectivity index (χ3v) is 10.1. The minimum Gasteiger partial charge on any atom is -0.467 e. The quantitative estimate of drug-likeness (QED) is 0.202. The fourth-order valence-electron chi connectivity index (χ4n) is 7.97. The predicted octanol–water partition coefficient (Wildman–Crippen LogP) is 8.75. The van der Waals surface area contributed by atoms with Gasteiger partial charge >= 0.3 is 0 Å². The summed E-state index contributed by atoms with van der Waals surface area (Å²) in [5.74, 6) is 0.641. The van der Waals surface area contributed by atoms with Gasteiger partial charge in [-0.3, -0.25) is 0 Å². The first-order valence-corrected chi connectivity index (χ1v) is 16.5. The first-order valence-electron chi connectivity index (χ1n) is 16.5. The summed E-state index contributed by atoms with van der Waals surface area (Å²) in [4.78, 5) is 0. The molecule has 0 saturated carbocycles. The van der Waals surface area contributed by atoms with E-state index in [1.54, 1.807) is 13.9 Å². The molecule has 1 N–H and O–H groups in total. The molecule has 1 aliphatic carbocycles. The van der Waals surface area contributed by atoms with Gasteiger partial charge in [0.25, 0.3) is 0 Å². The Kier molecular flexibility index (Phi) is 5.68. The second-order valence-corrected chi connectivity index (χ2v) is 12.9. The van der Waals surface area contributed by atoms with Crippen molar-refractivity contribution in [2.75, 3.05) is 0 Å². The van der Waals surface area contributed by atoms with Crippen molar-refractivity contribution >= 4 is 46.6 Å². The fourth-order valence-corrected chi connectivity index (χ4v) is 7.97. The molecule has 1 atom stereocenters. The lowest BCUT2D eigenvalue weighted by atomic mass is 9.80. The van der Waals surface area contributed by atoms with Gasteiger partial charge in [-0.1, -0.05) is 78.9 Å². The zero-order valence-electron chi connectivity index (χ0n) is 26.4. The highest BCUT2D eigenvalue weighted by Crippen LogP contribution is 2.47. The highest BCUT2D eigenvalue weighted by molar-refractivity contribution is 6.15. The Labute approximate surface area is 279 Å². The molecule has 4 nitrogen and oxygen atoms in total. The normalized spacial score (nSPS) is 16.4. The van der Waals surface area contributed by atoms with Crippen LogP contribution < -0.4 is 4.74 Å². The van der Waals surface area contributed by atoms with Crippen LogP contribution >= 0.6 is 0 Å². The zero-order chi connectivity index (χ0) is 32.0. The van der Waals surface area contributed by atoms with Crippen molar-refractivity contribution in [3.05, 3.63) is 156 Å². The number of rotatable bonds is 3. The Morgan fingerprint density at radius 3 is 2.33 bits per heavy atom. The van der Waals surface area contributed by atoms with E-state index in [1.807, 2.05) is 18.2 Å². The molecule has 10 rings (SSSR count). The van der Waals surface area contributed by atoms with E-state index in [1.165, 1.54) is 49.6 Å². The molecule has 226 valence electrons. The van der Waals surface area contributed by atoms with E-state index in [-0.39, 0.29) is 0 Å². The first kappa shape index (κ1) is 27.2. The summed E-state index contributed by atoms with van der Waals surface area (Å²) in [7, 11) is 1.69. The maximum Gasteiger partial charge on any atom is 0.201 e. The fraction of sp³-hybridized carbons (Fsp3) is 0.0698. The SMILES string of the molecule is BC1(O)Oc2cccc(-n3c4c(c5cc(-c6ccc7c(c6)c6ccccc6n7-c6ccccc6)ccc53)C=CCC4)c2-c2c#cccc21. The Morgan fingerprint density at radius 1 is 0.729 bits per heavy atom. The lowest BCUT2D eigenvalue weighted by Gasteiger charge is -2.34. The number of aliphatic hydroxyl groups is 1. The number of nitrogens with zero attached hydrogens (tertiary/aromatic N) is 2. The average Bonchev–Trinajstić information content (AvgIpc) is 3.64. The Hall–Kier alpha value is -5.96. The van der Waals surface area contributed by atoms with Crippen LogP contribution in [-0.4, -0.2) is 22.1 Å². The summed E-state index contributed by atoms with van der Waals surface area (Å²) in [6, 6.07) is 49.1. The molecule has 6 aromatic carbocycles. The summed E-state index contributed by atoms with van der Waals surface area (Å²) in [5, 5.41) is 14.9. The van der Waals surface area contributed by atoms with Crippen LogP contribution in [0.4, 0.5) is 0 Å². The van der Waals surface area contributed by atoms with Crippen LogP contribution in [0.3, 0.4) is 0 Å². The maximum absolute atomic E-state index is 11.2. The number of fused-ring (bicyclic) bond motifs is 9. The van der Waals surface area contributed by atoms with Crippen molar-refractivity contribution in [2.24, 2.45) is 0 Å². The molecule has 0 bridgehead atoms. The average molecular weight is 617 g/mol. The molecule has 1 aliphatic heterocycles. The van der Waals surface area contributed by atoms with Gasteiger partial charge in [0.15, 0.2) is 5.69 Å². The van der Waals surface area contributed by atoms with Gasteiger partial charge in [-0.25, -0.2) is 0 Å². The smallest absolute Gasteiger partial charge is 0.201 e. The summed E-state index contributed by atoms with van der Waals surface area (Å²) >= 11 is 0. The van der Waals surface area contributed by atoms with E-state index < -0.39 is 5.69 Å². The Bertz CT molecular complexity index is 2630. The van der Waals surface area contributed by atoms with Gasteiger partial charge in [0, 0.05) is 44.2 Å². The highest BCUT2D eigenvalue weighted by atomic mass is 16.6. The van der Waals surface area contributed by atoms with Gasteiger partial charge in [-0.05, 0) is 90.7 Å². The van der Waals surface area contributed by atoms with Crippen LogP contribution in [0, 0.1) is 12.1 Å². The van der Waals surface area contributed by atoms with Crippen molar-refractivity contribution in [2.45, 2.75) is 18.5 Å². The minimum atomic E-state index is -1.45. The van der Waals surface area contributed by atoms with Crippen LogP contribution in [-0.2, 0) is 12.1 Å². The molecule has 1 unspecified atom stereocenters. The van der Waals surface area contributed by atoms with Gasteiger partial charge < -0.3 is 19.0 Å². The number of ether oxygens (including phenoxy) is 1. The predicted molar refractivity (Wildman–Crippen MR) is 197 cm³/mol. The van der Waals surface area contributed by atoms with Crippen LogP contribution in [0.25, 0.3) is 72.4 Å². The molecule has 0 saturated heterocycles. The Balaban J connectivity index is 1.18. The molecule has 0 radical (unpaired) electrons. The molecule has 0 amide bonds.